The predicted octanol–water partition coefficient (Wildman–Crippen LogP) is 2.26. The molecule has 1 heterocycles. The van der Waals surface area contributed by atoms with Crippen LogP contribution >= 0.6 is 15.9 Å². The summed E-state index contributed by atoms with van der Waals surface area (Å²) in [7, 11) is 0. The van der Waals surface area contributed by atoms with Gasteiger partial charge >= 0.3 is 0 Å². The molecule has 3 heteroatoms. The molecule has 0 amide bonds. The Kier molecular flexibility index (Phi) is 2.13. The van der Waals surface area contributed by atoms with Gasteiger partial charge in [0.2, 0.25) is 0 Å². The highest BCUT2D eigenvalue weighted by atomic mass is 79.9. The van der Waals surface area contributed by atoms with Crippen molar-refractivity contribution >= 4 is 22.1 Å². The zero-order chi connectivity index (χ0) is 8.39. The maximum absolute atomic E-state index is 5.46. The summed E-state index contributed by atoms with van der Waals surface area (Å²) in [5, 5.41) is 0. The van der Waals surface area contributed by atoms with Crippen molar-refractivity contribution in [2.45, 2.75) is 0 Å². The van der Waals surface area contributed by atoms with E-state index in [1.807, 2.05) is 24.4 Å². The summed E-state index contributed by atoms with van der Waals surface area (Å²) in [5.41, 5.74) is 1.04. The number of hydrogen-bond acceptors (Lipinski definition) is 2. The number of benzene rings is 1. The summed E-state index contributed by atoms with van der Waals surface area (Å²) >= 11 is 3.40. The van der Waals surface area contributed by atoms with E-state index in [1.54, 1.807) is 0 Å². The molecule has 0 aromatic heterocycles. The Balaban J connectivity index is 2.47. The van der Waals surface area contributed by atoms with Crippen LogP contribution in [0.1, 0.15) is 5.56 Å². The van der Waals surface area contributed by atoms with Crippen molar-refractivity contribution < 1.29 is 4.74 Å². The zero-order valence-electron chi connectivity index (χ0n) is 6.46. The fraction of sp³-hybridized carbons (Fsp3) is 0.222. The van der Waals surface area contributed by atoms with Crippen molar-refractivity contribution in [1.29, 1.82) is 0 Å². The molecular weight excluding hydrogens is 218 g/mol. The second kappa shape index (κ2) is 3.27. The van der Waals surface area contributed by atoms with Gasteiger partial charge in [0, 0.05) is 16.3 Å². The second-order valence-corrected chi connectivity index (χ2v) is 3.48. The standard InChI is InChI=1S/C9H8BrNO/c10-8-1-2-9-7(5-8)6-11-3-4-12-9/h1-2,5-6H,3-4H2. The van der Waals surface area contributed by atoms with Crippen LogP contribution in [0.15, 0.2) is 27.7 Å². The highest BCUT2D eigenvalue weighted by Crippen LogP contribution is 2.22. The molecule has 0 N–H and O–H groups in total. The summed E-state index contributed by atoms with van der Waals surface area (Å²) in [5.74, 6) is 0.916. The Morgan fingerprint density at radius 1 is 1.42 bits per heavy atom. The van der Waals surface area contributed by atoms with E-state index < -0.39 is 0 Å². The van der Waals surface area contributed by atoms with Crippen LogP contribution in [0.4, 0.5) is 0 Å². The van der Waals surface area contributed by atoms with Crippen LogP contribution in [0.5, 0.6) is 5.75 Å². The van der Waals surface area contributed by atoms with E-state index >= 15 is 0 Å². The van der Waals surface area contributed by atoms with Crippen LogP contribution in [-0.2, 0) is 0 Å². The van der Waals surface area contributed by atoms with Gasteiger partial charge in [0.25, 0.3) is 0 Å². The summed E-state index contributed by atoms with van der Waals surface area (Å²) < 4.78 is 6.51. The number of hydrogen-bond donors (Lipinski definition) is 0. The van der Waals surface area contributed by atoms with E-state index in [0.29, 0.717) is 6.61 Å². The molecule has 2 nitrogen and oxygen atoms in total. The number of rotatable bonds is 0. The highest BCUT2D eigenvalue weighted by molar-refractivity contribution is 9.10. The Labute approximate surface area is 79.4 Å². The third-order valence-corrected chi connectivity index (χ3v) is 2.17. The largest absolute Gasteiger partial charge is 0.491 e. The normalized spacial score (nSPS) is 14.8. The first-order valence-electron chi connectivity index (χ1n) is 3.78. The SMILES string of the molecule is Brc1ccc2c(c1)C=NCCO2. The van der Waals surface area contributed by atoms with Crippen molar-refractivity contribution in [3.63, 3.8) is 0 Å². The number of fused-ring (bicyclic) bond motifs is 1. The van der Waals surface area contributed by atoms with Gasteiger partial charge in [0.15, 0.2) is 0 Å². The molecule has 1 aromatic rings. The Morgan fingerprint density at radius 3 is 3.25 bits per heavy atom. The molecule has 62 valence electrons. The van der Waals surface area contributed by atoms with Crippen molar-refractivity contribution in [2.24, 2.45) is 4.99 Å². The van der Waals surface area contributed by atoms with Gasteiger partial charge in [0.05, 0.1) is 6.54 Å². The van der Waals surface area contributed by atoms with Gasteiger partial charge in [-0.15, -0.1) is 0 Å². The van der Waals surface area contributed by atoms with Crippen molar-refractivity contribution in [3.05, 3.63) is 28.2 Å². The second-order valence-electron chi connectivity index (χ2n) is 2.57. The van der Waals surface area contributed by atoms with Crippen LogP contribution in [0.25, 0.3) is 0 Å². The lowest BCUT2D eigenvalue weighted by Gasteiger charge is -2.04. The summed E-state index contributed by atoms with van der Waals surface area (Å²) in [6.45, 7) is 1.41. The average molecular weight is 226 g/mol. The molecule has 1 aliphatic heterocycles. The smallest absolute Gasteiger partial charge is 0.128 e. The predicted molar refractivity (Wildman–Crippen MR) is 52.1 cm³/mol. The molecule has 1 aromatic carbocycles. The molecule has 0 aliphatic carbocycles. The van der Waals surface area contributed by atoms with Gasteiger partial charge in [-0.25, -0.2) is 0 Å². The first-order chi connectivity index (χ1) is 5.86. The average Bonchev–Trinajstić information content (AvgIpc) is 2.28. The molecule has 0 radical (unpaired) electrons. The first kappa shape index (κ1) is 7.80. The maximum atomic E-state index is 5.46. The molecule has 0 saturated carbocycles. The number of nitrogens with zero attached hydrogens (tertiary/aromatic N) is 1. The minimum Gasteiger partial charge on any atom is -0.491 e. The van der Waals surface area contributed by atoms with E-state index in [0.717, 1.165) is 22.3 Å². The molecule has 0 bridgehead atoms. The zero-order valence-corrected chi connectivity index (χ0v) is 8.04. The van der Waals surface area contributed by atoms with Crippen LogP contribution in [0.3, 0.4) is 0 Å². The van der Waals surface area contributed by atoms with Crippen LogP contribution in [0, 0.1) is 0 Å². The van der Waals surface area contributed by atoms with E-state index in [-0.39, 0.29) is 0 Å². The molecule has 0 unspecified atom stereocenters. The molecule has 0 spiro atoms. The lowest BCUT2D eigenvalue weighted by molar-refractivity contribution is 0.331. The summed E-state index contributed by atoms with van der Waals surface area (Å²) in [6, 6.07) is 5.93. The van der Waals surface area contributed by atoms with Gasteiger partial charge in [-0.2, -0.15) is 0 Å². The monoisotopic (exact) mass is 225 g/mol. The number of ether oxygens (including phenoxy) is 1. The van der Waals surface area contributed by atoms with E-state index in [1.165, 1.54) is 0 Å². The minimum absolute atomic E-state index is 0.672. The fourth-order valence-electron chi connectivity index (χ4n) is 1.12. The molecule has 1 aliphatic rings. The minimum atomic E-state index is 0.672. The van der Waals surface area contributed by atoms with E-state index in [4.69, 9.17) is 4.74 Å². The number of aliphatic imine (C=N–C) groups is 1. The Morgan fingerprint density at radius 2 is 2.33 bits per heavy atom. The lowest BCUT2D eigenvalue weighted by Crippen LogP contribution is -1.98. The third kappa shape index (κ3) is 1.50. The van der Waals surface area contributed by atoms with Crippen LogP contribution in [-0.4, -0.2) is 19.4 Å². The highest BCUT2D eigenvalue weighted by Gasteiger charge is 2.04. The Bertz CT molecular complexity index is 322. The maximum Gasteiger partial charge on any atom is 0.128 e. The van der Waals surface area contributed by atoms with E-state index in [9.17, 15) is 0 Å². The van der Waals surface area contributed by atoms with Crippen LogP contribution < -0.4 is 4.74 Å². The lowest BCUT2D eigenvalue weighted by atomic mass is 10.2. The quantitative estimate of drug-likeness (QED) is 0.664. The molecule has 12 heavy (non-hydrogen) atoms. The van der Waals surface area contributed by atoms with Crippen molar-refractivity contribution in [2.75, 3.05) is 13.2 Å². The summed E-state index contributed by atoms with van der Waals surface area (Å²) in [4.78, 5) is 4.18. The van der Waals surface area contributed by atoms with Gasteiger partial charge in [-0.3, -0.25) is 4.99 Å². The van der Waals surface area contributed by atoms with Crippen molar-refractivity contribution in [1.82, 2.24) is 0 Å². The van der Waals surface area contributed by atoms with Gasteiger partial charge < -0.3 is 4.74 Å². The van der Waals surface area contributed by atoms with Gasteiger partial charge in [-0.1, -0.05) is 15.9 Å². The van der Waals surface area contributed by atoms with Crippen LogP contribution in [0.2, 0.25) is 0 Å². The molecule has 2 rings (SSSR count). The first-order valence-corrected chi connectivity index (χ1v) is 4.58. The number of halogens is 1. The van der Waals surface area contributed by atoms with Gasteiger partial charge in [0.1, 0.15) is 12.4 Å². The molecule has 0 fully saturated rings. The molecular formula is C9H8BrNO. The summed E-state index contributed by atoms with van der Waals surface area (Å²) in [6.07, 6.45) is 1.85. The van der Waals surface area contributed by atoms with E-state index in [2.05, 4.69) is 20.9 Å². The van der Waals surface area contributed by atoms with Gasteiger partial charge in [-0.05, 0) is 18.2 Å². The molecule has 0 atom stereocenters. The fourth-order valence-corrected chi connectivity index (χ4v) is 1.50. The topological polar surface area (TPSA) is 21.6 Å². The van der Waals surface area contributed by atoms with Crippen molar-refractivity contribution in [3.8, 4) is 5.75 Å². The molecule has 0 saturated heterocycles. The third-order valence-electron chi connectivity index (χ3n) is 1.68. The Hall–Kier alpha value is -0.830.